The molecule has 0 bridgehead atoms. The minimum absolute atomic E-state index is 0.0161. The molecule has 3 fully saturated rings. The lowest BCUT2D eigenvalue weighted by atomic mass is 9.78. The molecule has 1 N–H and O–H groups in total. The van der Waals surface area contributed by atoms with Crippen LogP contribution in [-0.4, -0.2) is 59.5 Å². The quantitative estimate of drug-likeness (QED) is 0.667. The molecular weight excluding hydrogens is 418 g/mol. The van der Waals surface area contributed by atoms with Crippen LogP contribution in [0.3, 0.4) is 0 Å². The number of benzene rings is 1. The van der Waals surface area contributed by atoms with Crippen LogP contribution in [0, 0.1) is 11.8 Å². The van der Waals surface area contributed by atoms with E-state index in [1.54, 1.807) is 0 Å². The predicted molar refractivity (Wildman–Crippen MR) is 123 cm³/mol. The van der Waals surface area contributed by atoms with E-state index < -0.39 is 0 Å². The Morgan fingerprint density at radius 1 is 1.18 bits per heavy atom. The van der Waals surface area contributed by atoms with Crippen LogP contribution in [0.2, 0.25) is 0 Å². The lowest BCUT2D eigenvalue weighted by molar-refractivity contribution is -0.126. The number of para-hydroxylation sites is 1. The van der Waals surface area contributed by atoms with Crippen LogP contribution in [0.25, 0.3) is 11.3 Å². The maximum atomic E-state index is 13.4. The fraction of sp³-hybridized carbons (Fsp3) is 0.615. The summed E-state index contributed by atoms with van der Waals surface area (Å²) in [7, 11) is 0. The molecule has 1 aromatic heterocycles. The van der Waals surface area contributed by atoms with Crippen molar-refractivity contribution >= 4 is 5.91 Å². The van der Waals surface area contributed by atoms with E-state index in [1.165, 1.54) is 12.8 Å². The Labute approximate surface area is 194 Å². The summed E-state index contributed by atoms with van der Waals surface area (Å²) >= 11 is 0. The second-order valence-electron chi connectivity index (χ2n) is 10.2. The van der Waals surface area contributed by atoms with E-state index in [0.717, 1.165) is 93.5 Å². The largest absolute Gasteiger partial charge is 0.488 e. The van der Waals surface area contributed by atoms with Gasteiger partial charge in [0.05, 0.1) is 5.60 Å². The van der Waals surface area contributed by atoms with Crippen LogP contribution in [0.4, 0.5) is 0 Å². The molecule has 1 aromatic carbocycles. The number of carbonyl (C=O) groups is 1. The van der Waals surface area contributed by atoms with Gasteiger partial charge in [-0.25, -0.2) is 0 Å². The van der Waals surface area contributed by atoms with Crippen molar-refractivity contribution in [2.24, 2.45) is 11.8 Å². The molecule has 2 saturated heterocycles. The molecule has 4 aliphatic rings. The third-order valence-corrected chi connectivity index (χ3v) is 7.87. The standard InChI is InChI=1S/C26H33N3O4/c30-25(24-21-17-32-22-4-2-1-3-20(22)23(21)27-28-24)29-11-9-26(10-12-29)15-18(8-14-33-26)7-13-31-16-19-5-6-19/h1-4,18-19H,5-17H2,(H,27,28). The van der Waals surface area contributed by atoms with E-state index >= 15 is 0 Å². The van der Waals surface area contributed by atoms with Gasteiger partial charge in [0.2, 0.25) is 0 Å². The number of hydrogen-bond acceptors (Lipinski definition) is 5. The smallest absolute Gasteiger partial charge is 0.272 e. The number of aromatic amines is 1. The van der Waals surface area contributed by atoms with Gasteiger partial charge >= 0.3 is 0 Å². The minimum atomic E-state index is -0.0777. The van der Waals surface area contributed by atoms with Crippen LogP contribution in [-0.2, 0) is 16.1 Å². The first-order valence-electron chi connectivity index (χ1n) is 12.5. The van der Waals surface area contributed by atoms with Crippen molar-refractivity contribution in [1.29, 1.82) is 0 Å². The first kappa shape index (κ1) is 21.2. The van der Waals surface area contributed by atoms with Gasteiger partial charge in [0.15, 0.2) is 0 Å². The summed E-state index contributed by atoms with van der Waals surface area (Å²) in [6.45, 7) is 4.45. The molecule has 7 nitrogen and oxygen atoms in total. The van der Waals surface area contributed by atoms with Crippen molar-refractivity contribution in [3.63, 3.8) is 0 Å². The zero-order valence-corrected chi connectivity index (χ0v) is 19.2. The third kappa shape index (κ3) is 4.28. The Balaban J connectivity index is 1.06. The molecule has 7 heteroatoms. The Morgan fingerprint density at radius 2 is 2.03 bits per heavy atom. The average Bonchev–Trinajstić information content (AvgIpc) is 3.57. The number of hydrogen-bond donors (Lipinski definition) is 1. The molecule has 6 rings (SSSR count). The van der Waals surface area contributed by atoms with Crippen molar-refractivity contribution in [2.45, 2.75) is 57.2 Å². The van der Waals surface area contributed by atoms with Gasteiger partial charge in [0.25, 0.3) is 5.91 Å². The molecule has 1 atom stereocenters. The highest BCUT2D eigenvalue weighted by Crippen LogP contribution is 2.40. The van der Waals surface area contributed by atoms with Crippen LogP contribution in [0.5, 0.6) is 5.75 Å². The monoisotopic (exact) mass is 451 g/mol. The summed E-state index contributed by atoms with van der Waals surface area (Å²) in [5.41, 5.74) is 3.11. The molecule has 0 radical (unpaired) electrons. The van der Waals surface area contributed by atoms with E-state index in [4.69, 9.17) is 14.2 Å². The number of likely N-dealkylation sites (tertiary alicyclic amines) is 1. The van der Waals surface area contributed by atoms with Gasteiger partial charge in [-0.3, -0.25) is 9.89 Å². The number of fused-ring (bicyclic) bond motifs is 3. The molecule has 33 heavy (non-hydrogen) atoms. The number of nitrogens with one attached hydrogen (secondary N) is 1. The summed E-state index contributed by atoms with van der Waals surface area (Å²) in [6.07, 6.45) is 7.82. The van der Waals surface area contributed by atoms with Gasteiger partial charge in [-0.15, -0.1) is 0 Å². The highest BCUT2D eigenvalue weighted by atomic mass is 16.5. The fourth-order valence-corrected chi connectivity index (χ4v) is 5.63. The zero-order chi connectivity index (χ0) is 22.3. The summed E-state index contributed by atoms with van der Waals surface area (Å²) < 4.78 is 18.1. The predicted octanol–water partition coefficient (Wildman–Crippen LogP) is 4.19. The number of piperidine rings is 1. The van der Waals surface area contributed by atoms with Crippen molar-refractivity contribution in [2.75, 3.05) is 32.9 Å². The van der Waals surface area contributed by atoms with Crippen LogP contribution >= 0.6 is 0 Å². The number of amides is 1. The topological polar surface area (TPSA) is 76.7 Å². The second-order valence-corrected chi connectivity index (χ2v) is 10.2. The molecule has 1 saturated carbocycles. The molecular formula is C26H33N3O4. The minimum Gasteiger partial charge on any atom is -0.488 e. The lowest BCUT2D eigenvalue weighted by Crippen LogP contribution is -2.51. The summed E-state index contributed by atoms with van der Waals surface area (Å²) in [5, 5.41) is 7.48. The number of ether oxygens (including phenoxy) is 3. The number of nitrogens with zero attached hydrogens (tertiary/aromatic N) is 2. The van der Waals surface area contributed by atoms with Gasteiger partial charge in [0.1, 0.15) is 23.7 Å². The van der Waals surface area contributed by atoms with Gasteiger partial charge in [-0.1, -0.05) is 12.1 Å². The highest BCUT2D eigenvalue weighted by molar-refractivity contribution is 5.96. The first-order chi connectivity index (χ1) is 16.2. The Morgan fingerprint density at radius 3 is 2.88 bits per heavy atom. The van der Waals surface area contributed by atoms with Gasteiger partial charge in [-0.05, 0) is 68.9 Å². The molecule has 2 aromatic rings. The second kappa shape index (κ2) is 8.76. The highest BCUT2D eigenvalue weighted by Gasteiger charge is 2.42. The van der Waals surface area contributed by atoms with E-state index in [0.29, 0.717) is 18.2 Å². The fourth-order valence-electron chi connectivity index (χ4n) is 5.63. The van der Waals surface area contributed by atoms with Gasteiger partial charge in [-0.2, -0.15) is 5.10 Å². The first-order valence-corrected chi connectivity index (χ1v) is 12.5. The molecule has 1 unspecified atom stereocenters. The van der Waals surface area contributed by atoms with E-state index in [-0.39, 0.29) is 11.5 Å². The maximum Gasteiger partial charge on any atom is 0.272 e. The molecule has 1 spiro atoms. The molecule has 176 valence electrons. The number of carbonyl (C=O) groups excluding carboxylic acids is 1. The SMILES string of the molecule is O=C(c1[nH]nc2c1COc1ccccc1-2)N1CCC2(CC1)CC(CCOCC1CC1)CCO2. The summed E-state index contributed by atoms with van der Waals surface area (Å²) in [5.74, 6) is 2.33. The Hall–Kier alpha value is -2.38. The van der Waals surface area contributed by atoms with Crippen LogP contribution < -0.4 is 4.74 Å². The van der Waals surface area contributed by atoms with Crippen LogP contribution in [0.15, 0.2) is 24.3 Å². The lowest BCUT2D eigenvalue weighted by Gasteiger charge is -2.46. The van der Waals surface area contributed by atoms with Crippen molar-refractivity contribution < 1.29 is 19.0 Å². The Bertz CT molecular complexity index is 1010. The maximum absolute atomic E-state index is 13.4. The third-order valence-electron chi connectivity index (χ3n) is 7.87. The van der Waals surface area contributed by atoms with Crippen molar-refractivity contribution in [3.8, 4) is 17.0 Å². The number of aromatic nitrogens is 2. The Kier molecular flexibility index (Phi) is 5.62. The average molecular weight is 452 g/mol. The van der Waals surface area contributed by atoms with Crippen LogP contribution in [0.1, 0.15) is 61.0 Å². The van der Waals surface area contributed by atoms with Gasteiger partial charge in [0, 0.05) is 44.0 Å². The zero-order valence-electron chi connectivity index (χ0n) is 19.2. The van der Waals surface area contributed by atoms with Crippen molar-refractivity contribution in [3.05, 3.63) is 35.5 Å². The van der Waals surface area contributed by atoms with E-state index in [2.05, 4.69) is 10.2 Å². The van der Waals surface area contributed by atoms with E-state index in [1.807, 2.05) is 29.2 Å². The molecule has 4 heterocycles. The molecule has 3 aliphatic heterocycles. The normalized spacial score (nSPS) is 23.6. The van der Waals surface area contributed by atoms with Gasteiger partial charge < -0.3 is 19.1 Å². The summed E-state index contributed by atoms with van der Waals surface area (Å²) in [6, 6.07) is 7.84. The summed E-state index contributed by atoms with van der Waals surface area (Å²) in [4.78, 5) is 15.3. The number of rotatable bonds is 6. The van der Waals surface area contributed by atoms with E-state index in [9.17, 15) is 4.79 Å². The molecule has 1 aliphatic carbocycles. The number of H-pyrrole nitrogens is 1. The van der Waals surface area contributed by atoms with Crippen molar-refractivity contribution in [1.82, 2.24) is 15.1 Å². The molecule has 1 amide bonds.